The Bertz CT molecular complexity index is 321. The number of hydrogen-bond acceptors (Lipinski definition) is 3. The van der Waals surface area contributed by atoms with Gasteiger partial charge >= 0.3 is 0 Å². The van der Waals surface area contributed by atoms with E-state index in [4.69, 9.17) is 10.5 Å². The van der Waals surface area contributed by atoms with Gasteiger partial charge in [-0.15, -0.1) is 0 Å². The number of rotatable bonds is 2. The number of hydrogen-bond donors (Lipinski definition) is 1. The number of nitrogens with two attached hydrogens (primary N) is 1. The summed E-state index contributed by atoms with van der Waals surface area (Å²) in [4.78, 5) is 0. The second-order valence-corrected chi connectivity index (χ2v) is 3.88. The molecule has 0 spiro atoms. The first kappa shape index (κ1) is 9.68. The van der Waals surface area contributed by atoms with Crippen LogP contribution in [-0.2, 0) is 11.8 Å². The number of nitrogens with zero attached hydrogens (tertiary/aromatic N) is 2. The van der Waals surface area contributed by atoms with E-state index in [0.717, 1.165) is 13.0 Å². The quantitative estimate of drug-likeness (QED) is 0.758. The zero-order chi connectivity index (χ0) is 10.1. The van der Waals surface area contributed by atoms with E-state index in [1.165, 1.54) is 11.3 Å². The van der Waals surface area contributed by atoms with Crippen molar-refractivity contribution in [3.05, 3.63) is 17.5 Å². The minimum Gasteiger partial charge on any atom is -0.373 e. The second-order valence-electron chi connectivity index (χ2n) is 3.88. The van der Waals surface area contributed by atoms with Crippen molar-refractivity contribution < 1.29 is 4.74 Å². The first-order chi connectivity index (χ1) is 6.74. The van der Waals surface area contributed by atoms with Crippen molar-refractivity contribution in [1.29, 1.82) is 0 Å². The molecule has 0 radical (unpaired) electrons. The van der Waals surface area contributed by atoms with E-state index in [1.54, 1.807) is 0 Å². The van der Waals surface area contributed by atoms with Gasteiger partial charge in [-0.1, -0.05) is 0 Å². The van der Waals surface area contributed by atoms with E-state index in [0.29, 0.717) is 12.5 Å². The van der Waals surface area contributed by atoms with Crippen molar-refractivity contribution in [3.8, 4) is 0 Å². The van der Waals surface area contributed by atoms with Gasteiger partial charge in [0.05, 0.1) is 12.3 Å². The highest BCUT2D eigenvalue weighted by atomic mass is 16.5. The molecule has 1 saturated heterocycles. The molecule has 2 rings (SSSR count). The van der Waals surface area contributed by atoms with Crippen molar-refractivity contribution in [2.75, 3.05) is 13.2 Å². The molecule has 4 heteroatoms. The fourth-order valence-electron chi connectivity index (χ4n) is 2.01. The molecule has 0 aliphatic carbocycles. The molecule has 78 valence electrons. The summed E-state index contributed by atoms with van der Waals surface area (Å²) >= 11 is 0. The lowest BCUT2D eigenvalue weighted by atomic mass is 9.96. The summed E-state index contributed by atoms with van der Waals surface area (Å²) in [6.07, 6.45) is 3.12. The Kier molecular flexibility index (Phi) is 2.56. The molecular weight excluding hydrogens is 178 g/mol. The van der Waals surface area contributed by atoms with Crippen LogP contribution < -0.4 is 5.73 Å². The molecule has 0 saturated carbocycles. The predicted octanol–water partition coefficient (Wildman–Crippen LogP) is 0.765. The van der Waals surface area contributed by atoms with Gasteiger partial charge in [-0.05, 0) is 19.9 Å². The average Bonchev–Trinajstić information content (AvgIpc) is 2.75. The van der Waals surface area contributed by atoms with Gasteiger partial charge in [0.1, 0.15) is 0 Å². The van der Waals surface area contributed by atoms with Crippen molar-refractivity contribution in [2.24, 2.45) is 18.7 Å². The Morgan fingerprint density at radius 3 is 3.07 bits per heavy atom. The van der Waals surface area contributed by atoms with Gasteiger partial charge in [0.15, 0.2) is 0 Å². The summed E-state index contributed by atoms with van der Waals surface area (Å²) < 4.78 is 7.58. The average molecular weight is 195 g/mol. The molecule has 2 N–H and O–H groups in total. The van der Waals surface area contributed by atoms with E-state index in [1.807, 2.05) is 17.9 Å². The number of aromatic nitrogens is 2. The lowest BCUT2D eigenvalue weighted by Crippen LogP contribution is -2.18. The Balaban J connectivity index is 2.26. The van der Waals surface area contributed by atoms with Gasteiger partial charge in [-0.25, -0.2) is 0 Å². The van der Waals surface area contributed by atoms with Gasteiger partial charge in [-0.3, -0.25) is 4.68 Å². The van der Waals surface area contributed by atoms with Crippen LogP contribution in [0.4, 0.5) is 0 Å². The summed E-state index contributed by atoms with van der Waals surface area (Å²) in [7, 11) is 1.95. The Morgan fingerprint density at radius 2 is 2.50 bits per heavy atom. The first-order valence-corrected chi connectivity index (χ1v) is 5.04. The minimum absolute atomic E-state index is 0.161. The SMILES string of the molecule is Cc1c(C2OCCC2CN)cnn1C. The molecule has 4 nitrogen and oxygen atoms in total. The minimum atomic E-state index is 0.161. The highest BCUT2D eigenvalue weighted by Gasteiger charge is 2.30. The van der Waals surface area contributed by atoms with Crippen molar-refractivity contribution in [2.45, 2.75) is 19.4 Å². The van der Waals surface area contributed by atoms with Gasteiger partial charge in [-0.2, -0.15) is 5.10 Å². The third-order valence-corrected chi connectivity index (χ3v) is 3.10. The molecule has 1 fully saturated rings. The maximum atomic E-state index is 5.71. The molecule has 0 aromatic carbocycles. The van der Waals surface area contributed by atoms with E-state index in [2.05, 4.69) is 12.0 Å². The van der Waals surface area contributed by atoms with Crippen LogP contribution in [0.1, 0.15) is 23.8 Å². The van der Waals surface area contributed by atoms with Gasteiger partial charge < -0.3 is 10.5 Å². The van der Waals surface area contributed by atoms with Crippen LogP contribution in [0.2, 0.25) is 0 Å². The first-order valence-electron chi connectivity index (χ1n) is 5.04. The lowest BCUT2D eigenvalue weighted by molar-refractivity contribution is 0.0919. The molecule has 2 atom stereocenters. The lowest BCUT2D eigenvalue weighted by Gasteiger charge is -2.16. The van der Waals surface area contributed by atoms with Crippen LogP contribution in [0.3, 0.4) is 0 Å². The molecule has 1 aromatic heterocycles. The summed E-state index contributed by atoms with van der Waals surface area (Å²) in [5.74, 6) is 0.456. The van der Waals surface area contributed by atoms with E-state index < -0.39 is 0 Å². The molecule has 1 aliphatic heterocycles. The van der Waals surface area contributed by atoms with Crippen molar-refractivity contribution in [3.63, 3.8) is 0 Å². The van der Waals surface area contributed by atoms with E-state index in [9.17, 15) is 0 Å². The van der Waals surface area contributed by atoms with Crippen molar-refractivity contribution in [1.82, 2.24) is 9.78 Å². The Hall–Kier alpha value is -0.870. The largest absolute Gasteiger partial charge is 0.373 e. The molecule has 14 heavy (non-hydrogen) atoms. The topological polar surface area (TPSA) is 53.1 Å². The summed E-state index contributed by atoms with van der Waals surface area (Å²) in [6, 6.07) is 0. The second kappa shape index (κ2) is 3.71. The molecular formula is C10H17N3O. The third-order valence-electron chi connectivity index (χ3n) is 3.10. The maximum Gasteiger partial charge on any atom is 0.0898 e. The van der Waals surface area contributed by atoms with Crippen LogP contribution >= 0.6 is 0 Å². The third kappa shape index (κ3) is 1.44. The van der Waals surface area contributed by atoms with E-state index in [-0.39, 0.29) is 6.10 Å². The highest BCUT2D eigenvalue weighted by molar-refractivity contribution is 5.20. The van der Waals surface area contributed by atoms with Crippen LogP contribution in [0, 0.1) is 12.8 Å². The fourth-order valence-corrected chi connectivity index (χ4v) is 2.01. The van der Waals surface area contributed by atoms with Gasteiger partial charge in [0.25, 0.3) is 0 Å². The van der Waals surface area contributed by atoms with Crippen LogP contribution in [0.25, 0.3) is 0 Å². The van der Waals surface area contributed by atoms with Gasteiger partial charge in [0, 0.05) is 30.8 Å². The molecule has 2 heterocycles. The monoisotopic (exact) mass is 195 g/mol. The fraction of sp³-hybridized carbons (Fsp3) is 0.700. The van der Waals surface area contributed by atoms with Crippen LogP contribution in [0.5, 0.6) is 0 Å². The Labute approximate surface area is 84.0 Å². The Morgan fingerprint density at radius 1 is 1.71 bits per heavy atom. The normalized spacial score (nSPS) is 27.1. The standard InChI is InChI=1S/C10H17N3O/c1-7-9(6-12-13(7)2)10-8(5-11)3-4-14-10/h6,8,10H,3-5,11H2,1-2H3. The summed E-state index contributed by atoms with van der Waals surface area (Å²) in [6.45, 7) is 3.58. The zero-order valence-corrected chi connectivity index (χ0v) is 8.73. The van der Waals surface area contributed by atoms with Crippen molar-refractivity contribution >= 4 is 0 Å². The van der Waals surface area contributed by atoms with E-state index >= 15 is 0 Å². The number of ether oxygens (including phenoxy) is 1. The molecule has 1 aliphatic rings. The molecule has 2 unspecified atom stereocenters. The zero-order valence-electron chi connectivity index (χ0n) is 8.73. The smallest absolute Gasteiger partial charge is 0.0898 e. The van der Waals surface area contributed by atoms with Crippen LogP contribution in [-0.4, -0.2) is 22.9 Å². The maximum absolute atomic E-state index is 5.71. The molecule has 0 bridgehead atoms. The van der Waals surface area contributed by atoms with Crippen LogP contribution in [0.15, 0.2) is 6.20 Å². The predicted molar refractivity (Wildman–Crippen MR) is 53.8 cm³/mol. The summed E-state index contributed by atoms with van der Waals surface area (Å²) in [5.41, 5.74) is 8.08. The highest BCUT2D eigenvalue weighted by Crippen LogP contribution is 2.34. The number of aryl methyl sites for hydroxylation is 1. The molecule has 0 amide bonds. The summed E-state index contributed by atoms with van der Waals surface area (Å²) in [5, 5.41) is 4.23. The molecule has 1 aromatic rings. The van der Waals surface area contributed by atoms with Gasteiger partial charge in [0.2, 0.25) is 0 Å².